The molecule has 0 aliphatic carbocycles. The minimum atomic E-state index is -4.73. The highest BCUT2D eigenvalue weighted by Crippen LogP contribution is 2.43. The van der Waals surface area contributed by atoms with Crippen molar-refractivity contribution in [2.75, 3.05) is 26.4 Å². The summed E-state index contributed by atoms with van der Waals surface area (Å²) < 4.78 is 39.3. The lowest BCUT2D eigenvalue weighted by atomic mass is 10.0. The lowest BCUT2D eigenvalue weighted by Gasteiger charge is -2.21. The molecule has 0 heterocycles. The number of phosphoric acid groups is 1. The van der Waals surface area contributed by atoms with Crippen molar-refractivity contribution < 1.29 is 52.2 Å². The van der Waals surface area contributed by atoms with Crippen LogP contribution in [0.15, 0.2) is 12.2 Å². The van der Waals surface area contributed by atoms with Gasteiger partial charge >= 0.3 is 25.7 Å². The summed E-state index contributed by atoms with van der Waals surface area (Å²) in [4.78, 5) is 48.2. The molecular weight excluding hydrogens is 832 g/mol. The molecule has 0 fully saturated rings. The van der Waals surface area contributed by atoms with Gasteiger partial charge in [-0.3, -0.25) is 23.4 Å². The molecule has 12 heteroatoms. The van der Waals surface area contributed by atoms with Crippen LogP contribution in [-0.4, -0.2) is 66.5 Å². The summed E-state index contributed by atoms with van der Waals surface area (Å²) in [6.07, 6.45) is 43.2. The van der Waals surface area contributed by atoms with E-state index in [1.54, 1.807) is 0 Å². The third-order valence-corrected chi connectivity index (χ3v) is 12.6. The van der Waals surface area contributed by atoms with E-state index in [1.807, 2.05) is 0 Å². The second-order valence-electron chi connectivity index (χ2n) is 18.1. The van der Waals surface area contributed by atoms with Crippen LogP contribution in [0.1, 0.15) is 265 Å². The summed E-state index contributed by atoms with van der Waals surface area (Å²) in [5, 5.41) is 9.77. The fraction of sp³-hybridized carbons (Fsp3) is 0.904. The third kappa shape index (κ3) is 45.4. The van der Waals surface area contributed by atoms with E-state index in [0.29, 0.717) is 19.3 Å². The highest BCUT2D eigenvalue weighted by molar-refractivity contribution is 7.47. The quantitative estimate of drug-likeness (QED) is 0.0197. The number of aliphatic hydroxyl groups is 1. The minimum absolute atomic E-state index is 0.164. The lowest BCUT2D eigenvalue weighted by Crippen LogP contribution is -2.30. The van der Waals surface area contributed by atoms with Gasteiger partial charge in [0.15, 0.2) is 6.10 Å². The molecule has 0 saturated heterocycles. The number of esters is 3. The van der Waals surface area contributed by atoms with Gasteiger partial charge in [0.2, 0.25) is 0 Å². The smallest absolute Gasteiger partial charge is 0.462 e. The van der Waals surface area contributed by atoms with E-state index in [-0.39, 0.29) is 25.9 Å². The Kier molecular flexibility index (Phi) is 46.4. The maximum atomic E-state index is 12.8. The van der Waals surface area contributed by atoms with Crippen LogP contribution in [0.25, 0.3) is 0 Å². The molecule has 378 valence electrons. The predicted octanol–water partition coefficient (Wildman–Crippen LogP) is 14.9. The molecule has 0 rings (SSSR count). The molecule has 3 atom stereocenters. The van der Waals surface area contributed by atoms with Gasteiger partial charge in [-0.15, -0.1) is 0 Å². The summed E-state index contributed by atoms with van der Waals surface area (Å²) in [5.41, 5.74) is 0. The molecule has 0 aliphatic rings. The zero-order chi connectivity index (χ0) is 47.0. The van der Waals surface area contributed by atoms with Crippen LogP contribution in [0.3, 0.4) is 0 Å². The molecule has 0 aromatic heterocycles. The highest BCUT2D eigenvalue weighted by Gasteiger charge is 2.28. The van der Waals surface area contributed by atoms with Crippen molar-refractivity contribution >= 4 is 25.7 Å². The van der Waals surface area contributed by atoms with E-state index in [9.17, 15) is 28.9 Å². The first-order valence-electron chi connectivity index (χ1n) is 26.6. The Bertz CT molecular complexity index is 1130. The molecule has 3 unspecified atom stereocenters. The summed E-state index contributed by atoms with van der Waals surface area (Å²) in [7, 11) is -4.73. The molecule has 0 aliphatic heterocycles. The number of aliphatic hydroxyl groups excluding tert-OH is 1. The van der Waals surface area contributed by atoms with Crippen LogP contribution in [0.2, 0.25) is 0 Å². The fourth-order valence-corrected chi connectivity index (χ4v) is 8.37. The molecule has 0 saturated carbocycles. The van der Waals surface area contributed by atoms with E-state index < -0.39 is 57.8 Å². The maximum Gasteiger partial charge on any atom is 0.472 e. The molecule has 0 amide bonds. The Morgan fingerprint density at radius 1 is 0.422 bits per heavy atom. The molecule has 2 N–H and O–H groups in total. The molecule has 0 aromatic rings. The third-order valence-electron chi connectivity index (χ3n) is 11.7. The average molecular weight is 931 g/mol. The summed E-state index contributed by atoms with van der Waals surface area (Å²) in [6, 6.07) is 0. The normalized spacial score (nSPS) is 13.5. The van der Waals surface area contributed by atoms with E-state index in [2.05, 4.69) is 32.9 Å². The Hall–Kier alpha value is -1.78. The zero-order valence-corrected chi connectivity index (χ0v) is 42.4. The highest BCUT2D eigenvalue weighted by atomic mass is 31.2. The van der Waals surface area contributed by atoms with Crippen LogP contribution in [0.5, 0.6) is 0 Å². The number of allylic oxidation sites excluding steroid dienone is 2. The van der Waals surface area contributed by atoms with Gasteiger partial charge in [0.05, 0.1) is 19.8 Å². The average Bonchev–Trinajstić information content (AvgIpc) is 3.28. The number of hydrogen-bond acceptors (Lipinski definition) is 10. The second-order valence-corrected chi connectivity index (χ2v) is 19.5. The maximum absolute atomic E-state index is 12.8. The topological polar surface area (TPSA) is 155 Å². The van der Waals surface area contributed by atoms with E-state index >= 15 is 0 Å². The van der Waals surface area contributed by atoms with Crippen molar-refractivity contribution in [3.63, 3.8) is 0 Å². The lowest BCUT2D eigenvalue weighted by molar-refractivity contribution is -0.161. The van der Waals surface area contributed by atoms with Gasteiger partial charge in [0.25, 0.3) is 0 Å². The van der Waals surface area contributed by atoms with Crippen LogP contribution in [-0.2, 0) is 42.2 Å². The van der Waals surface area contributed by atoms with Crippen LogP contribution < -0.4 is 0 Å². The van der Waals surface area contributed by atoms with Gasteiger partial charge in [-0.2, -0.15) is 0 Å². The van der Waals surface area contributed by atoms with E-state index in [0.717, 1.165) is 77.0 Å². The van der Waals surface area contributed by atoms with Crippen molar-refractivity contribution in [2.24, 2.45) is 0 Å². The van der Waals surface area contributed by atoms with Crippen LogP contribution in [0, 0.1) is 0 Å². The summed E-state index contributed by atoms with van der Waals surface area (Å²) in [6.45, 7) is 4.64. The van der Waals surface area contributed by atoms with Gasteiger partial charge in [-0.25, -0.2) is 4.57 Å². The molecule has 0 radical (unpaired) electrons. The molecule has 0 spiro atoms. The van der Waals surface area contributed by atoms with Crippen molar-refractivity contribution in [3.05, 3.63) is 12.2 Å². The molecule has 0 aromatic carbocycles. The number of hydrogen-bond donors (Lipinski definition) is 2. The number of unbranched alkanes of at least 4 members (excludes halogenated alkanes) is 31. The summed E-state index contributed by atoms with van der Waals surface area (Å²) >= 11 is 0. The van der Waals surface area contributed by atoms with Gasteiger partial charge in [-0.1, -0.05) is 213 Å². The van der Waals surface area contributed by atoms with Crippen LogP contribution in [0.4, 0.5) is 0 Å². The number of carbonyl (C=O) groups is 3. The molecule has 64 heavy (non-hydrogen) atoms. The van der Waals surface area contributed by atoms with Gasteiger partial charge < -0.3 is 24.2 Å². The Morgan fingerprint density at radius 3 is 1.09 bits per heavy atom. The first-order valence-corrected chi connectivity index (χ1v) is 28.1. The van der Waals surface area contributed by atoms with Crippen molar-refractivity contribution in [1.29, 1.82) is 0 Å². The SMILES string of the molecule is CCCCCC/C=C\CCCCCCCC(=O)OC(COC(=O)CCCCCCCCCCCCC)COP(=O)(O)OCC(CO)OC(=O)CCCCCCCCCCCCCCC. The predicted molar refractivity (Wildman–Crippen MR) is 261 cm³/mol. The van der Waals surface area contributed by atoms with Crippen molar-refractivity contribution in [1.82, 2.24) is 0 Å². The Balaban J connectivity index is 4.69. The molecular formula is C52H99O11P. The van der Waals surface area contributed by atoms with Gasteiger partial charge in [-0.05, 0) is 44.9 Å². The largest absolute Gasteiger partial charge is 0.472 e. The van der Waals surface area contributed by atoms with Gasteiger partial charge in [0.1, 0.15) is 12.7 Å². The van der Waals surface area contributed by atoms with Crippen molar-refractivity contribution in [3.8, 4) is 0 Å². The number of phosphoric ester groups is 1. The zero-order valence-electron chi connectivity index (χ0n) is 41.5. The van der Waals surface area contributed by atoms with Crippen molar-refractivity contribution in [2.45, 2.75) is 277 Å². The monoisotopic (exact) mass is 931 g/mol. The van der Waals surface area contributed by atoms with Gasteiger partial charge in [0, 0.05) is 19.3 Å². The van der Waals surface area contributed by atoms with E-state index in [4.69, 9.17) is 23.3 Å². The standard InChI is InChI=1S/C52H99O11P/c1-4-7-10-13-16-19-22-24-27-30-33-36-39-42-51(55)62-48(44-53)46-60-64(57,58)61-47-49(45-59-50(54)41-38-35-32-29-26-21-18-15-12-9-6-3)63-52(56)43-40-37-34-31-28-25-23-20-17-14-11-8-5-2/h20,23,48-49,53H,4-19,21-22,24-47H2,1-3H3,(H,57,58)/b23-20-. The number of carbonyl (C=O) groups excluding carboxylic acids is 3. The van der Waals surface area contributed by atoms with E-state index in [1.165, 1.54) is 128 Å². The first kappa shape index (κ1) is 62.2. The fourth-order valence-electron chi connectivity index (χ4n) is 7.59. The Labute approximate surface area is 392 Å². The molecule has 11 nitrogen and oxygen atoms in total. The number of ether oxygens (including phenoxy) is 3. The molecule has 0 bridgehead atoms. The first-order chi connectivity index (χ1) is 31.2. The number of rotatable bonds is 50. The van der Waals surface area contributed by atoms with Crippen LogP contribution >= 0.6 is 7.82 Å². The minimum Gasteiger partial charge on any atom is -0.462 e. The second kappa shape index (κ2) is 47.7. The summed E-state index contributed by atoms with van der Waals surface area (Å²) in [5.74, 6) is -1.45. The Morgan fingerprint density at radius 2 is 0.719 bits per heavy atom.